The molecule has 1 atom stereocenters. The van der Waals surface area contributed by atoms with Crippen molar-refractivity contribution in [3.8, 4) is 0 Å². The Morgan fingerprint density at radius 2 is 1.54 bits per heavy atom. The standard InChI is InChI=1S/C28H31N3O3S/c1-19(22-9-5-7-21-6-3-4-8-23(21)22)29-27(34)31-17-14-28(18-31)12-15-30(16-13-28)26(33)25-11-10-24(35-25)20(2)32/h3-11,19H,12-18H2,1-2H3,(H,29,34). The largest absolute Gasteiger partial charge is 0.338 e. The second-order valence-electron chi connectivity index (χ2n) is 9.92. The van der Waals surface area contributed by atoms with Crippen LogP contribution in [0.4, 0.5) is 4.79 Å². The number of carbonyl (C=O) groups excluding carboxylic acids is 3. The predicted molar refractivity (Wildman–Crippen MR) is 139 cm³/mol. The van der Waals surface area contributed by atoms with Crippen molar-refractivity contribution in [2.24, 2.45) is 5.41 Å². The molecule has 0 radical (unpaired) electrons. The fourth-order valence-corrected chi connectivity index (χ4v) is 6.35. The van der Waals surface area contributed by atoms with Crippen LogP contribution in [0.2, 0.25) is 0 Å². The molecule has 0 saturated carbocycles. The molecule has 1 N–H and O–H groups in total. The molecule has 2 fully saturated rings. The molecule has 182 valence electrons. The van der Waals surface area contributed by atoms with Gasteiger partial charge in [-0.1, -0.05) is 42.5 Å². The lowest BCUT2D eigenvalue weighted by Crippen LogP contribution is -2.46. The van der Waals surface area contributed by atoms with Gasteiger partial charge in [-0.15, -0.1) is 11.3 Å². The minimum absolute atomic E-state index is 0.00820. The smallest absolute Gasteiger partial charge is 0.317 e. The number of ketones is 1. The number of Topliss-reactive ketones (excluding diaryl/α,β-unsaturated/α-hetero) is 1. The average Bonchev–Trinajstić information content (AvgIpc) is 3.52. The number of likely N-dealkylation sites (tertiary alicyclic amines) is 2. The number of thiophene rings is 1. The maximum Gasteiger partial charge on any atom is 0.317 e. The minimum Gasteiger partial charge on any atom is -0.338 e. The van der Waals surface area contributed by atoms with E-state index >= 15 is 0 Å². The van der Waals surface area contributed by atoms with Gasteiger partial charge >= 0.3 is 6.03 Å². The highest BCUT2D eigenvalue weighted by atomic mass is 32.1. The molecule has 6 nitrogen and oxygen atoms in total. The number of amides is 3. The topological polar surface area (TPSA) is 69.7 Å². The SMILES string of the molecule is CC(=O)c1ccc(C(=O)N2CCC3(CCN(C(=O)NC(C)c4cccc5ccccc45)C3)CC2)s1. The maximum absolute atomic E-state index is 13.1. The monoisotopic (exact) mass is 489 g/mol. The van der Waals surface area contributed by atoms with Crippen molar-refractivity contribution >= 4 is 39.8 Å². The fraction of sp³-hybridized carbons (Fsp3) is 0.393. The molecule has 2 aliphatic rings. The Balaban J connectivity index is 1.18. The fourth-order valence-electron chi connectivity index (χ4n) is 5.48. The molecular formula is C28H31N3O3S. The van der Waals surface area contributed by atoms with Crippen LogP contribution in [0.15, 0.2) is 54.6 Å². The summed E-state index contributed by atoms with van der Waals surface area (Å²) in [5.74, 6) is -0.000372. The molecule has 1 aromatic heterocycles. The summed E-state index contributed by atoms with van der Waals surface area (Å²) >= 11 is 1.27. The number of nitrogens with zero attached hydrogens (tertiary/aromatic N) is 2. The molecule has 0 bridgehead atoms. The third-order valence-electron chi connectivity index (χ3n) is 7.63. The zero-order valence-corrected chi connectivity index (χ0v) is 21.1. The molecule has 2 aliphatic heterocycles. The lowest BCUT2D eigenvalue weighted by molar-refractivity contribution is 0.0598. The number of benzene rings is 2. The van der Waals surface area contributed by atoms with Crippen molar-refractivity contribution in [2.45, 2.75) is 39.2 Å². The van der Waals surface area contributed by atoms with Gasteiger partial charge in [0.25, 0.3) is 5.91 Å². The highest BCUT2D eigenvalue weighted by Gasteiger charge is 2.43. The molecule has 1 unspecified atom stereocenters. The van der Waals surface area contributed by atoms with Gasteiger partial charge in [-0.2, -0.15) is 0 Å². The Bertz CT molecular complexity index is 1270. The highest BCUT2D eigenvalue weighted by Crippen LogP contribution is 2.41. The number of hydrogen-bond donors (Lipinski definition) is 1. The van der Waals surface area contributed by atoms with E-state index < -0.39 is 0 Å². The number of fused-ring (bicyclic) bond motifs is 1. The number of hydrogen-bond acceptors (Lipinski definition) is 4. The minimum atomic E-state index is -0.0877. The molecule has 2 aromatic carbocycles. The number of nitrogens with one attached hydrogen (secondary N) is 1. The molecule has 2 saturated heterocycles. The quantitative estimate of drug-likeness (QED) is 0.492. The molecule has 35 heavy (non-hydrogen) atoms. The number of rotatable bonds is 4. The van der Waals surface area contributed by atoms with Crippen LogP contribution in [-0.4, -0.2) is 53.7 Å². The molecule has 5 rings (SSSR count). The Kier molecular flexibility index (Phi) is 6.36. The second kappa shape index (κ2) is 9.46. The Morgan fingerprint density at radius 1 is 0.886 bits per heavy atom. The zero-order chi connectivity index (χ0) is 24.6. The molecular weight excluding hydrogens is 458 g/mol. The maximum atomic E-state index is 13.1. The van der Waals surface area contributed by atoms with Crippen molar-refractivity contribution in [3.63, 3.8) is 0 Å². The summed E-state index contributed by atoms with van der Waals surface area (Å²) in [4.78, 5) is 42.7. The van der Waals surface area contributed by atoms with Crippen molar-refractivity contribution in [2.75, 3.05) is 26.2 Å². The molecule has 3 heterocycles. The van der Waals surface area contributed by atoms with Crippen LogP contribution in [0.25, 0.3) is 10.8 Å². The van der Waals surface area contributed by atoms with E-state index in [0.717, 1.165) is 37.9 Å². The molecule has 1 spiro atoms. The second-order valence-corrected chi connectivity index (χ2v) is 11.0. The Labute approximate surface area is 209 Å². The van der Waals surface area contributed by atoms with Crippen LogP contribution in [-0.2, 0) is 0 Å². The van der Waals surface area contributed by atoms with E-state index in [1.54, 1.807) is 12.1 Å². The number of piperidine rings is 1. The summed E-state index contributed by atoms with van der Waals surface area (Å²) in [6.45, 7) is 6.42. The Morgan fingerprint density at radius 3 is 2.26 bits per heavy atom. The van der Waals surface area contributed by atoms with Gasteiger partial charge in [-0.3, -0.25) is 9.59 Å². The first-order chi connectivity index (χ1) is 16.8. The molecule has 0 aliphatic carbocycles. The molecule has 7 heteroatoms. The van der Waals surface area contributed by atoms with Gasteiger partial charge in [0, 0.05) is 26.2 Å². The van der Waals surface area contributed by atoms with E-state index in [-0.39, 0.29) is 29.2 Å². The van der Waals surface area contributed by atoms with Crippen LogP contribution >= 0.6 is 11.3 Å². The third-order valence-corrected chi connectivity index (χ3v) is 8.80. The normalized spacial score (nSPS) is 18.1. The van der Waals surface area contributed by atoms with Crippen LogP contribution in [0.3, 0.4) is 0 Å². The van der Waals surface area contributed by atoms with Gasteiger partial charge in [-0.05, 0) is 67.0 Å². The van der Waals surface area contributed by atoms with E-state index in [1.807, 2.05) is 34.9 Å². The molecule has 3 aromatic rings. The lowest BCUT2D eigenvalue weighted by Gasteiger charge is -2.39. The summed E-state index contributed by atoms with van der Waals surface area (Å²) in [7, 11) is 0. The van der Waals surface area contributed by atoms with E-state index in [1.165, 1.54) is 29.0 Å². The van der Waals surface area contributed by atoms with Crippen LogP contribution in [0.1, 0.15) is 64.1 Å². The van der Waals surface area contributed by atoms with Crippen molar-refractivity contribution in [1.29, 1.82) is 0 Å². The Hall–Kier alpha value is -3.19. The first kappa shape index (κ1) is 23.5. The zero-order valence-electron chi connectivity index (χ0n) is 20.3. The van der Waals surface area contributed by atoms with Gasteiger partial charge in [0.15, 0.2) is 5.78 Å². The number of urea groups is 1. The third kappa shape index (κ3) is 4.69. The van der Waals surface area contributed by atoms with Crippen molar-refractivity contribution in [1.82, 2.24) is 15.1 Å². The first-order valence-electron chi connectivity index (χ1n) is 12.3. The van der Waals surface area contributed by atoms with Crippen LogP contribution in [0.5, 0.6) is 0 Å². The lowest BCUT2D eigenvalue weighted by atomic mass is 9.78. The van der Waals surface area contributed by atoms with Gasteiger partial charge in [0.1, 0.15) is 0 Å². The summed E-state index contributed by atoms with van der Waals surface area (Å²) in [5, 5.41) is 5.55. The van der Waals surface area contributed by atoms with E-state index in [2.05, 4.69) is 29.6 Å². The van der Waals surface area contributed by atoms with Crippen molar-refractivity contribution < 1.29 is 14.4 Å². The predicted octanol–water partition coefficient (Wildman–Crippen LogP) is 5.50. The molecule has 3 amide bonds. The summed E-state index contributed by atoms with van der Waals surface area (Å²) in [6, 6.07) is 17.9. The van der Waals surface area contributed by atoms with Gasteiger partial charge < -0.3 is 15.1 Å². The first-order valence-corrected chi connectivity index (χ1v) is 13.1. The summed E-state index contributed by atoms with van der Waals surface area (Å²) < 4.78 is 0. The van der Waals surface area contributed by atoms with E-state index in [4.69, 9.17) is 0 Å². The summed E-state index contributed by atoms with van der Waals surface area (Å²) in [6.07, 6.45) is 2.76. The van der Waals surface area contributed by atoms with Gasteiger partial charge in [0.05, 0.1) is 15.8 Å². The van der Waals surface area contributed by atoms with E-state index in [9.17, 15) is 14.4 Å². The van der Waals surface area contributed by atoms with E-state index in [0.29, 0.717) is 22.8 Å². The van der Waals surface area contributed by atoms with Crippen molar-refractivity contribution in [3.05, 3.63) is 69.9 Å². The van der Waals surface area contributed by atoms with Crippen LogP contribution in [0, 0.1) is 5.41 Å². The van der Waals surface area contributed by atoms with Gasteiger partial charge in [0.2, 0.25) is 0 Å². The average molecular weight is 490 g/mol. The highest BCUT2D eigenvalue weighted by molar-refractivity contribution is 7.15. The number of carbonyl (C=O) groups is 3. The van der Waals surface area contributed by atoms with Gasteiger partial charge in [-0.25, -0.2) is 4.79 Å². The summed E-state index contributed by atoms with van der Waals surface area (Å²) in [5.41, 5.74) is 1.20. The van der Waals surface area contributed by atoms with Crippen LogP contribution < -0.4 is 5.32 Å².